The smallest absolute Gasteiger partial charge is 0.225 e. The minimum absolute atomic E-state index is 0.0696. The van der Waals surface area contributed by atoms with Crippen LogP contribution in [0.4, 0.5) is 0 Å². The van der Waals surface area contributed by atoms with Crippen LogP contribution in [0, 0.1) is 17.8 Å². The Balaban J connectivity index is 2.67. The molecule has 1 aliphatic rings. The molecule has 17 heavy (non-hydrogen) atoms. The summed E-state index contributed by atoms with van der Waals surface area (Å²) in [5.74, 6) is 0.892. The fourth-order valence-electron chi connectivity index (χ4n) is 2.19. The number of nitrogens with zero attached hydrogens (tertiary/aromatic N) is 2. The molecule has 4 nitrogen and oxygen atoms in total. The molecule has 0 bridgehead atoms. The van der Waals surface area contributed by atoms with Crippen LogP contribution in [-0.4, -0.2) is 34.8 Å². The molecule has 98 valence electrons. The SMILES string of the molecule is CCC1CN(C(=O)C(C)C(C)C)CCC1=NO. The van der Waals surface area contributed by atoms with E-state index in [1.54, 1.807) is 0 Å². The van der Waals surface area contributed by atoms with E-state index in [2.05, 4.69) is 25.9 Å². The van der Waals surface area contributed by atoms with Crippen LogP contribution in [-0.2, 0) is 4.79 Å². The topological polar surface area (TPSA) is 52.9 Å². The van der Waals surface area contributed by atoms with Gasteiger partial charge in [-0.2, -0.15) is 0 Å². The lowest BCUT2D eigenvalue weighted by Crippen LogP contribution is -2.46. The summed E-state index contributed by atoms with van der Waals surface area (Å²) in [5.41, 5.74) is 0.841. The summed E-state index contributed by atoms with van der Waals surface area (Å²) in [6.45, 7) is 9.59. The van der Waals surface area contributed by atoms with Crippen molar-refractivity contribution in [1.29, 1.82) is 0 Å². The van der Waals surface area contributed by atoms with Crippen LogP contribution < -0.4 is 0 Å². The maximum Gasteiger partial charge on any atom is 0.225 e. The van der Waals surface area contributed by atoms with Crippen molar-refractivity contribution < 1.29 is 10.0 Å². The molecular formula is C13H24N2O2. The van der Waals surface area contributed by atoms with Crippen LogP contribution in [0.1, 0.15) is 40.5 Å². The Kier molecular flexibility index (Phi) is 4.97. The lowest BCUT2D eigenvalue weighted by Gasteiger charge is -2.35. The maximum absolute atomic E-state index is 12.2. The lowest BCUT2D eigenvalue weighted by molar-refractivity contribution is -0.137. The Morgan fingerprint density at radius 2 is 2.18 bits per heavy atom. The van der Waals surface area contributed by atoms with Gasteiger partial charge in [0.15, 0.2) is 0 Å². The fraction of sp³-hybridized carbons (Fsp3) is 0.846. The van der Waals surface area contributed by atoms with Gasteiger partial charge in [-0.15, -0.1) is 0 Å². The predicted octanol–water partition coefficient (Wildman–Crippen LogP) is 2.37. The van der Waals surface area contributed by atoms with Crippen molar-refractivity contribution in [1.82, 2.24) is 4.90 Å². The summed E-state index contributed by atoms with van der Waals surface area (Å²) in [6.07, 6.45) is 1.62. The molecule has 0 radical (unpaired) electrons. The number of likely N-dealkylation sites (tertiary alicyclic amines) is 1. The Labute approximate surface area is 104 Å². The summed E-state index contributed by atoms with van der Waals surface area (Å²) in [5, 5.41) is 12.3. The standard InChI is InChI=1S/C13H24N2O2/c1-5-11-8-15(7-6-12(11)14-17)13(16)10(4)9(2)3/h9-11,17H,5-8H2,1-4H3. The van der Waals surface area contributed by atoms with Gasteiger partial charge in [0.1, 0.15) is 0 Å². The monoisotopic (exact) mass is 240 g/mol. The molecule has 0 saturated carbocycles. The van der Waals surface area contributed by atoms with E-state index in [9.17, 15) is 4.79 Å². The van der Waals surface area contributed by atoms with Gasteiger partial charge in [-0.25, -0.2) is 0 Å². The van der Waals surface area contributed by atoms with Gasteiger partial charge in [0, 0.05) is 31.3 Å². The molecule has 0 aromatic rings. The molecule has 1 rings (SSSR count). The maximum atomic E-state index is 12.2. The van der Waals surface area contributed by atoms with E-state index in [-0.39, 0.29) is 17.7 Å². The summed E-state index contributed by atoms with van der Waals surface area (Å²) >= 11 is 0. The number of amides is 1. The predicted molar refractivity (Wildman–Crippen MR) is 68.2 cm³/mol. The number of piperidine rings is 1. The number of carbonyl (C=O) groups is 1. The molecule has 4 heteroatoms. The van der Waals surface area contributed by atoms with Crippen LogP contribution in [0.3, 0.4) is 0 Å². The van der Waals surface area contributed by atoms with Crippen molar-refractivity contribution in [3.05, 3.63) is 0 Å². The third-order valence-corrected chi connectivity index (χ3v) is 3.87. The number of carbonyl (C=O) groups excluding carboxylic acids is 1. The second kappa shape index (κ2) is 6.03. The Bertz CT molecular complexity index is 300. The van der Waals surface area contributed by atoms with E-state index in [1.807, 2.05) is 11.8 Å². The van der Waals surface area contributed by atoms with E-state index < -0.39 is 0 Å². The molecule has 0 aromatic carbocycles. The van der Waals surface area contributed by atoms with Crippen LogP contribution in [0.5, 0.6) is 0 Å². The van der Waals surface area contributed by atoms with Crippen molar-refractivity contribution in [3.8, 4) is 0 Å². The van der Waals surface area contributed by atoms with E-state index >= 15 is 0 Å². The fourth-order valence-corrected chi connectivity index (χ4v) is 2.19. The van der Waals surface area contributed by atoms with Crippen LogP contribution >= 0.6 is 0 Å². The third kappa shape index (κ3) is 3.20. The van der Waals surface area contributed by atoms with Gasteiger partial charge in [-0.1, -0.05) is 32.9 Å². The quantitative estimate of drug-likeness (QED) is 0.608. The Morgan fingerprint density at radius 3 is 2.65 bits per heavy atom. The highest BCUT2D eigenvalue weighted by Gasteiger charge is 2.30. The average Bonchev–Trinajstić information content (AvgIpc) is 2.35. The van der Waals surface area contributed by atoms with Crippen LogP contribution in [0.15, 0.2) is 5.16 Å². The van der Waals surface area contributed by atoms with E-state index in [0.29, 0.717) is 25.4 Å². The summed E-state index contributed by atoms with van der Waals surface area (Å²) in [7, 11) is 0. The molecule has 1 saturated heterocycles. The zero-order chi connectivity index (χ0) is 13.0. The summed E-state index contributed by atoms with van der Waals surface area (Å²) in [6, 6.07) is 0. The van der Waals surface area contributed by atoms with Gasteiger partial charge in [0.05, 0.1) is 5.71 Å². The summed E-state index contributed by atoms with van der Waals surface area (Å²) in [4.78, 5) is 14.1. The van der Waals surface area contributed by atoms with Crippen molar-refractivity contribution in [2.24, 2.45) is 22.9 Å². The Hall–Kier alpha value is -1.06. The third-order valence-electron chi connectivity index (χ3n) is 3.87. The minimum Gasteiger partial charge on any atom is -0.411 e. The van der Waals surface area contributed by atoms with E-state index in [0.717, 1.165) is 12.1 Å². The van der Waals surface area contributed by atoms with Crippen molar-refractivity contribution >= 4 is 11.6 Å². The highest BCUT2D eigenvalue weighted by molar-refractivity contribution is 5.89. The number of rotatable bonds is 3. The number of hydrogen-bond acceptors (Lipinski definition) is 3. The molecule has 0 spiro atoms. The van der Waals surface area contributed by atoms with E-state index in [1.165, 1.54) is 0 Å². The lowest BCUT2D eigenvalue weighted by atomic mass is 9.90. The molecule has 1 aliphatic heterocycles. The van der Waals surface area contributed by atoms with Gasteiger partial charge in [-0.05, 0) is 12.3 Å². The first-order chi connectivity index (χ1) is 8.01. The van der Waals surface area contributed by atoms with Crippen molar-refractivity contribution in [3.63, 3.8) is 0 Å². The molecule has 2 atom stereocenters. The molecule has 1 heterocycles. The first-order valence-corrected chi connectivity index (χ1v) is 6.50. The van der Waals surface area contributed by atoms with Crippen LogP contribution in [0.25, 0.3) is 0 Å². The molecule has 1 N–H and O–H groups in total. The second-order valence-electron chi connectivity index (χ2n) is 5.26. The van der Waals surface area contributed by atoms with Crippen molar-refractivity contribution in [2.45, 2.75) is 40.5 Å². The number of oxime groups is 1. The molecule has 2 unspecified atom stereocenters. The second-order valence-corrected chi connectivity index (χ2v) is 5.26. The molecule has 0 aromatic heterocycles. The van der Waals surface area contributed by atoms with Gasteiger partial charge in [0.25, 0.3) is 0 Å². The molecule has 1 amide bonds. The van der Waals surface area contributed by atoms with E-state index in [4.69, 9.17) is 5.21 Å². The van der Waals surface area contributed by atoms with Gasteiger partial charge in [0.2, 0.25) is 5.91 Å². The van der Waals surface area contributed by atoms with Gasteiger partial charge < -0.3 is 10.1 Å². The summed E-state index contributed by atoms with van der Waals surface area (Å²) < 4.78 is 0. The highest BCUT2D eigenvalue weighted by Crippen LogP contribution is 2.21. The first-order valence-electron chi connectivity index (χ1n) is 6.50. The van der Waals surface area contributed by atoms with Gasteiger partial charge in [-0.3, -0.25) is 4.79 Å². The average molecular weight is 240 g/mol. The Morgan fingerprint density at radius 1 is 1.53 bits per heavy atom. The molecular weight excluding hydrogens is 216 g/mol. The number of hydrogen-bond donors (Lipinski definition) is 1. The zero-order valence-corrected chi connectivity index (χ0v) is 11.3. The van der Waals surface area contributed by atoms with Crippen molar-refractivity contribution in [2.75, 3.05) is 13.1 Å². The largest absolute Gasteiger partial charge is 0.411 e. The molecule has 0 aliphatic carbocycles. The highest BCUT2D eigenvalue weighted by atomic mass is 16.4. The first kappa shape index (κ1) is 14.0. The normalized spacial score (nSPS) is 25.4. The minimum atomic E-state index is 0.0696. The molecule has 1 fully saturated rings. The van der Waals surface area contributed by atoms with Crippen LogP contribution in [0.2, 0.25) is 0 Å². The van der Waals surface area contributed by atoms with Gasteiger partial charge >= 0.3 is 0 Å². The zero-order valence-electron chi connectivity index (χ0n) is 11.3.